The van der Waals surface area contributed by atoms with Gasteiger partial charge in [0.05, 0.1) is 0 Å². The second kappa shape index (κ2) is 8.73. The molecule has 5 rings (SSSR count). The highest BCUT2D eigenvalue weighted by molar-refractivity contribution is 8.00. The highest BCUT2D eigenvalue weighted by atomic mass is 32.2. The average Bonchev–Trinajstić information content (AvgIpc) is 3.51. The molecule has 1 fully saturated rings. The number of imidazole rings is 1. The Bertz CT molecular complexity index is 1340. The summed E-state index contributed by atoms with van der Waals surface area (Å²) in [4.78, 5) is 48.9. The molecule has 2 amide bonds. The number of β-lactam (4-membered cyclic amide) rings is 1. The van der Waals surface area contributed by atoms with Crippen molar-refractivity contribution < 1.29 is 28.9 Å². The van der Waals surface area contributed by atoms with Gasteiger partial charge in [-0.3, -0.25) is 14.5 Å². The summed E-state index contributed by atoms with van der Waals surface area (Å²) in [5, 5.41) is 19.5. The molecule has 2 atom stereocenters. The van der Waals surface area contributed by atoms with Crippen LogP contribution in [0.2, 0.25) is 0 Å². The van der Waals surface area contributed by atoms with Gasteiger partial charge in [-0.05, 0) is 0 Å². The van der Waals surface area contributed by atoms with Gasteiger partial charge in [0, 0.05) is 22.1 Å². The van der Waals surface area contributed by atoms with Crippen LogP contribution >= 0.6 is 34.4 Å². The first kappa shape index (κ1) is 22.4. The molecule has 2 aliphatic heterocycles. The van der Waals surface area contributed by atoms with Gasteiger partial charge in [-0.25, -0.2) is 14.3 Å². The molecule has 15 heteroatoms. The Kier molecular flexibility index (Phi) is 5.75. The maximum absolute atomic E-state index is 13.0. The van der Waals surface area contributed by atoms with E-state index in [1.165, 1.54) is 23.8 Å². The number of aromatic nitrogens is 3. The molecule has 2 aliphatic rings. The molecule has 4 N–H and O–H groups in total. The van der Waals surface area contributed by atoms with E-state index in [-0.39, 0.29) is 22.2 Å². The maximum atomic E-state index is 13.0. The molecule has 5 heterocycles. The zero-order valence-electron chi connectivity index (χ0n) is 17.6. The Labute approximate surface area is 204 Å². The number of nitrogen functional groups attached to an aromatic ring is 1. The molecule has 0 radical (unpaired) electrons. The highest BCUT2D eigenvalue weighted by Gasteiger charge is 2.54. The van der Waals surface area contributed by atoms with Crippen molar-refractivity contribution in [2.75, 3.05) is 18.6 Å². The van der Waals surface area contributed by atoms with E-state index in [1.807, 2.05) is 33.1 Å². The van der Waals surface area contributed by atoms with Crippen LogP contribution in [0.5, 0.6) is 0 Å². The number of rotatable bonds is 7. The molecule has 176 valence electrons. The van der Waals surface area contributed by atoms with Gasteiger partial charge in [0.25, 0.3) is 11.8 Å². The molecule has 0 aliphatic carbocycles. The van der Waals surface area contributed by atoms with Gasteiger partial charge in [-0.15, -0.1) is 23.1 Å². The summed E-state index contributed by atoms with van der Waals surface area (Å²) in [7, 11) is 1.29. The number of nitrogens with two attached hydrogens (primary N) is 1. The Hall–Kier alpha value is -3.43. The lowest BCUT2D eigenvalue weighted by molar-refractivity contribution is -0.687. The molecule has 0 unspecified atom stereocenters. The summed E-state index contributed by atoms with van der Waals surface area (Å²) in [5.41, 5.74) is 6.32. The van der Waals surface area contributed by atoms with Crippen molar-refractivity contribution >= 4 is 67.9 Å². The highest BCUT2D eigenvalue weighted by Crippen LogP contribution is 2.40. The van der Waals surface area contributed by atoms with Crippen molar-refractivity contribution in [2.45, 2.75) is 18.0 Å². The Morgan fingerprint density at radius 1 is 1.44 bits per heavy atom. The molecule has 3 aromatic heterocycles. The number of oxime groups is 1. The number of aliphatic carboxylic acids is 1. The SMILES string of the molecule is CO/N=C(\C(=O)N[C@@H]1C(=O)N2C(C(=O)O)=C(C[n+]3cc4sccn4c3)CS[C@H]12)c1csc(N)n1. The molecule has 1 saturated heterocycles. The first-order chi connectivity index (χ1) is 16.4. The van der Waals surface area contributed by atoms with Crippen LogP contribution in [0, 0.1) is 0 Å². The van der Waals surface area contributed by atoms with Crippen molar-refractivity contribution in [1.82, 2.24) is 19.6 Å². The van der Waals surface area contributed by atoms with Crippen LogP contribution in [0.25, 0.3) is 4.83 Å². The number of fused-ring (bicyclic) bond motifs is 2. The lowest BCUT2D eigenvalue weighted by atomic mass is 10.0. The predicted molar refractivity (Wildman–Crippen MR) is 125 cm³/mol. The molecule has 0 spiro atoms. The van der Waals surface area contributed by atoms with Crippen molar-refractivity contribution in [3.63, 3.8) is 0 Å². The van der Waals surface area contributed by atoms with E-state index in [1.54, 1.807) is 16.7 Å². The lowest BCUT2D eigenvalue weighted by Crippen LogP contribution is -2.71. The van der Waals surface area contributed by atoms with E-state index in [0.717, 1.165) is 16.2 Å². The number of nitrogens with one attached hydrogen (secondary N) is 1. The third-order valence-corrected chi connectivity index (χ3v) is 8.11. The predicted octanol–water partition coefficient (Wildman–Crippen LogP) is 0.116. The Balaban J connectivity index is 1.35. The fourth-order valence-electron chi connectivity index (χ4n) is 3.84. The van der Waals surface area contributed by atoms with E-state index in [2.05, 4.69) is 15.5 Å². The number of carbonyl (C=O) groups is 3. The number of thiazole rings is 2. The summed E-state index contributed by atoms with van der Waals surface area (Å²) in [6.45, 7) is 0.340. The van der Waals surface area contributed by atoms with Crippen molar-refractivity contribution in [2.24, 2.45) is 5.16 Å². The minimum absolute atomic E-state index is 0.0423. The number of amides is 2. The first-order valence-corrected chi connectivity index (χ1v) is 12.7. The summed E-state index contributed by atoms with van der Waals surface area (Å²) >= 11 is 4.10. The average molecular weight is 521 g/mol. The van der Waals surface area contributed by atoms with Crippen LogP contribution in [-0.4, -0.2) is 67.2 Å². The zero-order chi connectivity index (χ0) is 24.0. The first-order valence-electron chi connectivity index (χ1n) is 9.85. The molecular weight excluding hydrogens is 502 g/mol. The third kappa shape index (κ3) is 3.80. The van der Waals surface area contributed by atoms with Crippen molar-refractivity contribution in [3.05, 3.63) is 46.4 Å². The monoisotopic (exact) mass is 520 g/mol. The zero-order valence-corrected chi connectivity index (χ0v) is 20.0. The molecular formula is C19H18N7O5S3+. The van der Waals surface area contributed by atoms with Gasteiger partial charge in [-0.2, -0.15) is 4.40 Å². The quantitative estimate of drug-likeness (QED) is 0.172. The second-order valence-corrected chi connectivity index (χ2v) is 10.3. The third-order valence-electron chi connectivity index (χ3n) is 5.29. The van der Waals surface area contributed by atoms with Gasteiger partial charge < -0.3 is 21.0 Å². The molecule has 0 aromatic carbocycles. The van der Waals surface area contributed by atoms with Gasteiger partial charge in [-0.1, -0.05) is 16.5 Å². The number of nitrogens with zero attached hydrogens (tertiary/aromatic N) is 5. The smallest absolute Gasteiger partial charge is 0.352 e. The summed E-state index contributed by atoms with van der Waals surface area (Å²) in [6, 6.07) is -0.904. The second-order valence-electron chi connectivity index (χ2n) is 7.38. The minimum Gasteiger partial charge on any atom is -0.477 e. The van der Waals surface area contributed by atoms with E-state index in [4.69, 9.17) is 10.6 Å². The van der Waals surface area contributed by atoms with E-state index in [9.17, 15) is 19.5 Å². The molecule has 0 saturated carbocycles. The van der Waals surface area contributed by atoms with E-state index in [0.29, 0.717) is 17.9 Å². The van der Waals surface area contributed by atoms with E-state index < -0.39 is 29.2 Å². The van der Waals surface area contributed by atoms with Crippen LogP contribution in [0.3, 0.4) is 0 Å². The van der Waals surface area contributed by atoms with E-state index >= 15 is 0 Å². The van der Waals surface area contributed by atoms with Crippen LogP contribution in [0.4, 0.5) is 5.13 Å². The lowest BCUT2D eigenvalue weighted by Gasteiger charge is -2.49. The number of carboxylic acids is 1. The molecule has 3 aromatic rings. The number of hydrogen-bond acceptors (Lipinski definition) is 10. The fourth-order valence-corrected chi connectivity index (χ4v) is 6.48. The van der Waals surface area contributed by atoms with Crippen molar-refractivity contribution in [1.29, 1.82) is 0 Å². The topological polar surface area (TPSA) is 156 Å². The fraction of sp³-hybridized carbons (Fsp3) is 0.263. The van der Waals surface area contributed by atoms with Gasteiger partial charge in [0.2, 0.25) is 11.2 Å². The minimum atomic E-state index is -1.18. The Morgan fingerprint density at radius 3 is 2.94 bits per heavy atom. The largest absolute Gasteiger partial charge is 0.477 e. The van der Waals surface area contributed by atoms with Gasteiger partial charge >= 0.3 is 5.97 Å². The Morgan fingerprint density at radius 2 is 2.26 bits per heavy atom. The van der Waals surface area contributed by atoms with Crippen LogP contribution < -0.4 is 15.6 Å². The summed E-state index contributed by atoms with van der Waals surface area (Å²) in [6.07, 6.45) is 5.72. The van der Waals surface area contributed by atoms with Crippen LogP contribution in [0.1, 0.15) is 5.69 Å². The standard InChI is InChI=1S/C19H17N7O5S3/c1-31-23-12(10-7-34-19(20)21-10)15(27)22-13-16(28)26-14(18(29)30)9(6-33-17(13)26)4-24-5-11-25(8-24)2-3-32-11/h2-3,5,7-8,13,17H,4,6H2,1H3,(H3-,20,21,22,27,29,30)/p+1/b23-12-/t13-,17-/m1/s1. The van der Waals surface area contributed by atoms with Crippen LogP contribution in [-0.2, 0) is 25.8 Å². The molecule has 12 nitrogen and oxygen atoms in total. The van der Waals surface area contributed by atoms with Gasteiger partial charge in [0.15, 0.2) is 10.8 Å². The summed E-state index contributed by atoms with van der Waals surface area (Å²) < 4.78 is 3.83. The number of anilines is 1. The number of carboxylic acid groups (broad SMARTS) is 1. The summed E-state index contributed by atoms with van der Waals surface area (Å²) in [5.74, 6) is -1.94. The van der Waals surface area contributed by atoms with Crippen LogP contribution in [0.15, 0.2) is 45.9 Å². The van der Waals surface area contributed by atoms with Gasteiger partial charge in [0.1, 0.15) is 48.9 Å². The number of thioether (sulfide) groups is 1. The maximum Gasteiger partial charge on any atom is 0.352 e. The normalized spacial score (nSPS) is 20.3. The number of carbonyl (C=O) groups excluding carboxylic acids is 2. The number of hydrogen-bond donors (Lipinski definition) is 3. The molecule has 34 heavy (non-hydrogen) atoms. The molecule has 0 bridgehead atoms. The van der Waals surface area contributed by atoms with Crippen molar-refractivity contribution in [3.8, 4) is 0 Å².